The minimum Gasteiger partial charge on any atom is -0.481 e. The van der Waals surface area contributed by atoms with E-state index in [1.807, 2.05) is 0 Å². The molecule has 0 spiro atoms. The summed E-state index contributed by atoms with van der Waals surface area (Å²) in [5.74, 6) is -0.833. The Bertz CT molecular complexity index is 125. The Morgan fingerprint density at radius 3 is 2.42 bits per heavy atom. The number of piperazine rings is 1. The lowest BCUT2D eigenvalue weighted by molar-refractivity contribution is -0.134. The topological polar surface area (TPSA) is 52.6 Å². The summed E-state index contributed by atoms with van der Waals surface area (Å²) < 4.78 is 0. The van der Waals surface area contributed by atoms with Crippen LogP contribution in [0, 0.1) is 0 Å². The summed E-state index contributed by atoms with van der Waals surface area (Å²) in [6.07, 6.45) is 0. The summed E-state index contributed by atoms with van der Waals surface area (Å²) in [6, 6.07) is 0.726. The second-order valence-electron chi connectivity index (χ2n) is 3.05. The Morgan fingerprint density at radius 1 is 1.67 bits per heavy atom. The number of hydrogen-bond donors (Lipinski definition) is 2. The van der Waals surface area contributed by atoms with E-state index in [0.29, 0.717) is 0 Å². The van der Waals surface area contributed by atoms with Gasteiger partial charge < -0.3 is 15.3 Å². The van der Waals surface area contributed by atoms with E-state index >= 15 is 0 Å². The monoisotopic (exact) mass is 174 g/mol. The Labute approximate surface area is 73.6 Å². The molecule has 1 rings (SSSR count). The average molecular weight is 174 g/mol. The van der Waals surface area contributed by atoms with Gasteiger partial charge in [0.2, 0.25) is 0 Å². The predicted octanol–water partition coefficient (Wildman–Crippen LogP) is 0.000800. The van der Waals surface area contributed by atoms with Gasteiger partial charge in [0, 0.05) is 32.6 Å². The number of nitrogens with zero attached hydrogens (tertiary/aromatic N) is 1. The first-order chi connectivity index (χ1) is 5.54. The highest BCUT2D eigenvalue weighted by Gasteiger charge is 2.11. The quantitative estimate of drug-likeness (QED) is 0.543. The van der Waals surface area contributed by atoms with Crippen molar-refractivity contribution in [3.8, 4) is 0 Å². The molecule has 1 aliphatic rings. The van der Waals surface area contributed by atoms with Crippen molar-refractivity contribution in [1.29, 1.82) is 0 Å². The van der Waals surface area contributed by atoms with Crippen molar-refractivity contribution >= 4 is 5.97 Å². The van der Waals surface area contributed by atoms with E-state index in [1.54, 1.807) is 0 Å². The van der Waals surface area contributed by atoms with Crippen molar-refractivity contribution in [2.24, 2.45) is 0 Å². The van der Waals surface area contributed by atoms with Gasteiger partial charge in [-0.3, -0.25) is 4.79 Å². The summed E-state index contributed by atoms with van der Waals surface area (Å²) >= 11 is 0. The third kappa shape index (κ3) is 6.12. The Balaban J connectivity index is 0.000000261. The fourth-order valence-electron chi connectivity index (χ4n) is 0.943. The van der Waals surface area contributed by atoms with Gasteiger partial charge in [0.1, 0.15) is 0 Å². The molecule has 0 aromatic heterocycles. The van der Waals surface area contributed by atoms with E-state index in [-0.39, 0.29) is 0 Å². The van der Waals surface area contributed by atoms with Crippen molar-refractivity contribution in [3.63, 3.8) is 0 Å². The van der Waals surface area contributed by atoms with E-state index in [2.05, 4.69) is 24.2 Å². The molecule has 4 nitrogen and oxygen atoms in total. The zero-order valence-corrected chi connectivity index (χ0v) is 8.00. The van der Waals surface area contributed by atoms with E-state index < -0.39 is 5.97 Å². The number of nitrogens with one attached hydrogen (secondary N) is 1. The molecule has 1 atom stereocenters. The number of aliphatic carboxylic acids is 1. The molecule has 0 saturated carbocycles. The summed E-state index contributed by atoms with van der Waals surface area (Å²) in [5.41, 5.74) is 0. The number of likely N-dealkylation sites (N-methyl/N-ethyl adjacent to an activating group) is 1. The van der Waals surface area contributed by atoms with Gasteiger partial charge in [-0.2, -0.15) is 0 Å². The molecule has 0 radical (unpaired) electrons. The van der Waals surface area contributed by atoms with Crippen LogP contribution < -0.4 is 5.32 Å². The molecule has 0 bridgehead atoms. The van der Waals surface area contributed by atoms with Gasteiger partial charge in [-0.25, -0.2) is 0 Å². The van der Waals surface area contributed by atoms with Crippen LogP contribution in [0.2, 0.25) is 0 Å². The highest BCUT2D eigenvalue weighted by atomic mass is 16.4. The first kappa shape index (κ1) is 11.4. The molecule has 1 heterocycles. The second-order valence-corrected chi connectivity index (χ2v) is 3.05. The number of rotatable bonds is 0. The van der Waals surface area contributed by atoms with Crippen molar-refractivity contribution in [2.75, 3.05) is 26.7 Å². The van der Waals surface area contributed by atoms with Gasteiger partial charge >= 0.3 is 0 Å². The lowest BCUT2D eigenvalue weighted by Crippen LogP contribution is -2.47. The first-order valence-corrected chi connectivity index (χ1v) is 4.14. The second kappa shape index (κ2) is 5.97. The van der Waals surface area contributed by atoms with Gasteiger partial charge in [0.05, 0.1) is 0 Å². The number of carboxylic acid groups (broad SMARTS) is 1. The van der Waals surface area contributed by atoms with Crippen molar-refractivity contribution in [1.82, 2.24) is 10.2 Å². The van der Waals surface area contributed by atoms with E-state index in [4.69, 9.17) is 9.90 Å². The van der Waals surface area contributed by atoms with Crippen LogP contribution in [0.3, 0.4) is 0 Å². The Morgan fingerprint density at radius 2 is 2.17 bits per heavy atom. The highest BCUT2D eigenvalue weighted by Crippen LogP contribution is 1.95. The van der Waals surface area contributed by atoms with E-state index in [9.17, 15) is 0 Å². The van der Waals surface area contributed by atoms with Crippen molar-refractivity contribution in [2.45, 2.75) is 19.9 Å². The molecule has 0 aromatic rings. The summed E-state index contributed by atoms with van der Waals surface area (Å²) in [4.78, 5) is 11.4. The first-order valence-electron chi connectivity index (χ1n) is 4.14. The Kier molecular flexibility index (Phi) is 5.66. The third-order valence-electron chi connectivity index (χ3n) is 1.83. The molecule has 72 valence electrons. The molecule has 2 N–H and O–H groups in total. The van der Waals surface area contributed by atoms with Crippen LogP contribution in [0.15, 0.2) is 0 Å². The van der Waals surface area contributed by atoms with E-state index in [1.165, 1.54) is 6.54 Å². The maximum Gasteiger partial charge on any atom is 0.300 e. The molecule has 1 fully saturated rings. The largest absolute Gasteiger partial charge is 0.481 e. The van der Waals surface area contributed by atoms with Crippen LogP contribution in [0.4, 0.5) is 0 Å². The van der Waals surface area contributed by atoms with Crippen LogP contribution in [0.1, 0.15) is 13.8 Å². The SMILES string of the molecule is CC(=O)O.CC1CNCCN1C. The number of carbonyl (C=O) groups is 1. The lowest BCUT2D eigenvalue weighted by Gasteiger charge is -2.29. The molecule has 0 aromatic carbocycles. The molecular formula is C8H18N2O2. The van der Waals surface area contributed by atoms with Crippen molar-refractivity contribution in [3.05, 3.63) is 0 Å². The van der Waals surface area contributed by atoms with Gasteiger partial charge in [-0.15, -0.1) is 0 Å². The minimum atomic E-state index is -0.833. The normalized spacial score (nSPS) is 24.1. The van der Waals surface area contributed by atoms with Crippen molar-refractivity contribution < 1.29 is 9.90 Å². The Hall–Kier alpha value is -0.610. The predicted molar refractivity (Wildman–Crippen MR) is 48.3 cm³/mol. The van der Waals surface area contributed by atoms with E-state index in [0.717, 1.165) is 26.1 Å². The average Bonchev–Trinajstić information content (AvgIpc) is 1.94. The molecule has 0 amide bonds. The lowest BCUT2D eigenvalue weighted by atomic mass is 10.2. The molecule has 1 unspecified atom stereocenters. The van der Waals surface area contributed by atoms with Crippen LogP contribution >= 0.6 is 0 Å². The molecule has 1 saturated heterocycles. The van der Waals surface area contributed by atoms with Crippen LogP contribution in [-0.2, 0) is 4.79 Å². The van der Waals surface area contributed by atoms with Gasteiger partial charge in [0.25, 0.3) is 5.97 Å². The fraction of sp³-hybridized carbons (Fsp3) is 0.875. The molecular weight excluding hydrogens is 156 g/mol. The third-order valence-corrected chi connectivity index (χ3v) is 1.83. The minimum absolute atomic E-state index is 0.726. The maximum atomic E-state index is 9.00. The highest BCUT2D eigenvalue weighted by molar-refractivity contribution is 5.62. The number of carboxylic acids is 1. The maximum absolute atomic E-state index is 9.00. The molecule has 4 heteroatoms. The van der Waals surface area contributed by atoms with Crippen LogP contribution in [-0.4, -0.2) is 48.7 Å². The van der Waals surface area contributed by atoms with Gasteiger partial charge in [-0.1, -0.05) is 0 Å². The smallest absolute Gasteiger partial charge is 0.300 e. The van der Waals surface area contributed by atoms with Crippen LogP contribution in [0.25, 0.3) is 0 Å². The fourth-order valence-corrected chi connectivity index (χ4v) is 0.943. The van der Waals surface area contributed by atoms with Gasteiger partial charge in [-0.05, 0) is 14.0 Å². The molecule has 12 heavy (non-hydrogen) atoms. The zero-order chi connectivity index (χ0) is 9.56. The summed E-state index contributed by atoms with van der Waals surface area (Å²) in [6.45, 7) is 6.82. The number of hydrogen-bond acceptors (Lipinski definition) is 3. The van der Waals surface area contributed by atoms with Crippen LogP contribution in [0.5, 0.6) is 0 Å². The molecule has 1 aliphatic heterocycles. The summed E-state index contributed by atoms with van der Waals surface area (Å²) in [5, 5.41) is 10.7. The standard InChI is InChI=1S/C6H14N2.C2H4O2/c1-6-5-7-3-4-8(6)2;1-2(3)4/h6-7H,3-5H2,1-2H3;1H3,(H,3,4). The summed E-state index contributed by atoms with van der Waals surface area (Å²) in [7, 11) is 2.17. The van der Waals surface area contributed by atoms with Gasteiger partial charge in [0.15, 0.2) is 0 Å². The molecule has 0 aliphatic carbocycles. The zero-order valence-electron chi connectivity index (χ0n) is 8.00.